The van der Waals surface area contributed by atoms with Crippen LogP contribution in [0.2, 0.25) is 0 Å². The molecule has 0 aliphatic carbocycles. The molecule has 0 radical (unpaired) electrons. The van der Waals surface area contributed by atoms with E-state index in [2.05, 4.69) is 40.4 Å². The first kappa shape index (κ1) is 13.5. The summed E-state index contributed by atoms with van der Waals surface area (Å²) in [7, 11) is 6.35. The van der Waals surface area contributed by atoms with Crippen LogP contribution in [-0.2, 0) is 7.05 Å². The van der Waals surface area contributed by atoms with Gasteiger partial charge in [0.25, 0.3) is 0 Å². The minimum Gasteiger partial charge on any atom is -0.336 e. The van der Waals surface area contributed by atoms with Crippen molar-refractivity contribution >= 4 is 0 Å². The smallest absolute Gasteiger partial charge is 0.0946 e. The molecule has 5 heteroatoms. The molecule has 18 heavy (non-hydrogen) atoms. The van der Waals surface area contributed by atoms with Gasteiger partial charge in [0.15, 0.2) is 0 Å². The highest BCUT2D eigenvalue weighted by atomic mass is 15.3. The molecule has 0 spiro atoms. The standard InChI is InChI=1S/C13H25N5/c1-10-7-18(8-13(10)16(2)3)11(5-14)12-6-15-9-17(12)4/h6,9-11,13H,5,7-8,14H2,1-4H3. The Hall–Kier alpha value is -0.910. The third kappa shape index (κ3) is 2.43. The molecule has 3 unspecified atom stereocenters. The van der Waals surface area contributed by atoms with Gasteiger partial charge in [0.1, 0.15) is 0 Å². The second-order valence-corrected chi connectivity index (χ2v) is 5.64. The highest BCUT2D eigenvalue weighted by molar-refractivity contribution is 5.08. The third-order valence-corrected chi connectivity index (χ3v) is 4.12. The highest BCUT2D eigenvalue weighted by Crippen LogP contribution is 2.28. The zero-order valence-corrected chi connectivity index (χ0v) is 11.9. The lowest BCUT2D eigenvalue weighted by Crippen LogP contribution is -2.37. The maximum atomic E-state index is 5.98. The number of imidazole rings is 1. The van der Waals surface area contributed by atoms with Crippen LogP contribution in [0.3, 0.4) is 0 Å². The molecule has 1 fully saturated rings. The van der Waals surface area contributed by atoms with Crippen molar-refractivity contribution in [2.24, 2.45) is 18.7 Å². The maximum absolute atomic E-state index is 5.98. The summed E-state index contributed by atoms with van der Waals surface area (Å²) in [6.45, 7) is 5.16. The van der Waals surface area contributed by atoms with Gasteiger partial charge in [-0.1, -0.05) is 6.92 Å². The van der Waals surface area contributed by atoms with Gasteiger partial charge >= 0.3 is 0 Å². The lowest BCUT2D eigenvalue weighted by atomic mass is 10.1. The Labute approximate surface area is 110 Å². The molecule has 2 heterocycles. The van der Waals surface area contributed by atoms with Crippen molar-refractivity contribution in [1.82, 2.24) is 19.4 Å². The Kier molecular flexibility index (Phi) is 4.04. The fourth-order valence-electron chi connectivity index (χ4n) is 3.06. The van der Waals surface area contributed by atoms with Gasteiger partial charge in [-0.3, -0.25) is 4.90 Å². The lowest BCUT2D eigenvalue weighted by molar-refractivity contribution is 0.214. The van der Waals surface area contributed by atoms with E-state index in [1.165, 1.54) is 5.69 Å². The molecule has 2 N–H and O–H groups in total. The van der Waals surface area contributed by atoms with Crippen molar-refractivity contribution in [2.45, 2.75) is 19.0 Å². The fourth-order valence-corrected chi connectivity index (χ4v) is 3.06. The van der Waals surface area contributed by atoms with Crippen LogP contribution in [0.1, 0.15) is 18.7 Å². The number of nitrogens with two attached hydrogens (primary N) is 1. The average Bonchev–Trinajstić information content (AvgIpc) is 2.88. The van der Waals surface area contributed by atoms with E-state index in [1.54, 1.807) is 0 Å². The van der Waals surface area contributed by atoms with E-state index in [1.807, 2.05) is 19.6 Å². The quantitative estimate of drug-likeness (QED) is 0.836. The molecule has 1 aromatic heterocycles. The Bertz CT molecular complexity index is 386. The monoisotopic (exact) mass is 251 g/mol. The van der Waals surface area contributed by atoms with Gasteiger partial charge in [0, 0.05) is 38.9 Å². The molecule has 0 saturated carbocycles. The van der Waals surface area contributed by atoms with Crippen molar-refractivity contribution in [1.29, 1.82) is 0 Å². The van der Waals surface area contributed by atoms with Gasteiger partial charge in [-0.15, -0.1) is 0 Å². The zero-order chi connectivity index (χ0) is 13.3. The van der Waals surface area contributed by atoms with Crippen LogP contribution in [0, 0.1) is 5.92 Å². The zero-order valence-electron chi connectivity index (χ0n) is 11.9. The Morgan fingerprint density at radius 2 is 2.22 bits per heavy atom. The number of aryl methyl sites for hydroxylation is 1. The number of aromatic nitrogens is 2. The topological polar surface area (TPSA) is 50.3 Å². The fraction of sp³-hybridized carbons (Fsp3) is 0.769. The Balaban J connectivity index is 2.14. The van der Waals surface area contributed by atoms with Crippen molar-refractivity contribution < 1.29 is 0 Å². The van der Waals surface area contributed by atoms with Gasteiger partial charge in [0.2, 0.25) is 0 Å². The number of nitrogens with zero attached hydrogens (tertiary/aromatic N) is 4. The van der Waals surface area contributed by atoms with Crippen molar-refractivity contribution in [3.8, 4) is 0 Å². The first-order chi connectivity index (χ1) is 8.54. The minimum absolute atomic E-state index is 0.282. The van der Waals surface area contributed by atoms with E-state index in [-0.39, 0.29) is 6.04 Å². The largest absolute Gasteiger partial charge is 0.336 e. The average molecular weight is 251 g/mol. The molecule has 1 aromatic rings. The van der Waals surface area contributed by atoms with E-state index in [4.69, 9.17) is 5.73 Å². The van der Waals surface area contributed by atoms with E-state index in [0.717, 1.165) is 13.1 Å². The van der Waals surface area contributed by atoms with Crippen LogP contribution in [0.25, 0.3) is 0 Å². The molecule has 0 amide bonds. The molecule has 0 bridgehead atoms. The molecular formula is C13H25N5. The van der Waals surface area contributed by atoms with E-state index in [9.17, 15) is 0 Å². The van der Waals surface area contributed by atoms with Gasteiger partial charge in [-0.2, -0.15) is 0 Å². The van der Waals surface area contributed by atoms with Crippen molar-refractivity contribution in [3.63, 3.8) is 0 Å². The predicted molar refractivity (Wildman–Crippen MR) is 73.2 cm³/mol. The summed E-state index contributed by atoms with van der Waals surface area (Å²) >= 11 is 0. The second-order valence-electron chi connectivity index (χ2n) is 5.64. The van der Waals surface area contributed by atoms with Gasteiger partial charge < -0.3 is 15.2 Å². The van der Waals surface area contributed by atoms with Crippen LogP contribution in [0.4, 0.5) is 0 Å². The summed E-state index contributed by atoms with van der Waals surface area (Å²) in [5, 5.41) is 0. The molecule has 3 atom stereocenters. The van der Waals surface area contributed by atoms with Crippen LogP contribution in [0.5, 0.6) is 0 Å². The first-order valence-corrected chi connectivity index (χ1v) is 6.61. The van der Waals surface area contributed by atoms with E-state index < -0.39 is 0 Å². The second kappa shape index (κ2) is 5.38. The molecule has 1 aliphatic heterocycles. The molecule has 1 saturated heterocycles. The molecule has 0 aromatic carbocycles. The summed E-state index contributed by atoms with van der Waals surface area (Å²) in [5.74, 6) is 0.683. The number of hydrogen-bond acceptors (Lipinski definition) is 4. The van der Waals surface area contributed by atoms with Crippen LogP contribution in [0.15, 0.2) is 12.5 Å². The predicted octanol–water partition coefficient (Wildman–Crippen LogP) is 0.302. The van der Waals surface area contributed by atoms with Crippen LogP contribution >= 0.6 is 0 Å². The van der Waals surface area contributed by atoms with Crippen LogP contribution < -0.4 is 5.73 Å². The number of rotatable bonds is 4. The number of likely N-dealkylation sites (N-methyl/N-ethyl adjacent to an activating group) is 1. The minimum atomic E-state index is 0.282. The molecule has 5 nitrogen and oxygen atoms in total. The number of likely N-dealkylation sites (tertiary alicyclic amines) is 1. The molecule has 2 rings (SSSR count). The summed E-state index contributed by atoms with van der Waals surface area (Å²) in [4.78, 5) is 9.02. The Morgan fingerprint density at radius 1 is 1.50 bits per heavy atom. The summed E-state index contributed by atoms with van der Waals surface area (Å²) in [6, 6.07) is 0.900. The van der Waals surface area contributed by atoms with Crippen molar-refractivity contribution in [2.75, 3.05) is 33.7 Å². The van der Waals surface area contributed by atoms with Gasteiger partial charge in [0.05, 0.1) is 18.1 Å². The van der Waals surface area contributed by atoms with Crippen LogP contribution in [-0.4, -0.2) is 59.1 Å². The number of hydrogen-bond donors (Lipinski definition) is 1. The molecular weight excluding hydrogens is 226 g/mol. The van der Waals surface area contributed by atoms with E-state index >= 15 is 0 Å². The van der Waals surface area contributed by atoms with Gasteiger partial charge in [-0.05, 0) is 20.0 Å². The van der Waals surface area contributed by atoms with Gasteiger partial charge in [-0.25, -0.2) is 4.98 Å². The molecule has 102 valence electrons. The summed E-state index contributed by atoms with van der Waals surface area (Å²) in [5.41, 5.74) is 7.20. The lowest BCUT2D eigenvalue weighted by Gasteiger charge is -2.27. The summed E-state index contributed by atoms with van der Waals surface area (Å²) < 4.78 is 2.07. The highest BCUT2D eigenvalue weighted by Gasteiger charge is 2.35. The summed E-state index contributed by atoms with van der Waals surface area (Å²) in [6.07, 6.45) is 3.78. The Morgan fingerprint density at radius 3 is 2.67 bits per heavy atom. The van der Waals surface area contributed by atoms with E-state index in [0.29, 0.717) is 18.5 Å². The normalized spacial score (nSPS) is 27.0. The SMILES string of the molecule is CC1CN(C(CN)c2cncn2C)CC1N(C)C. The maximum Gasteiger partial charge on any atom is 0.0946 e. The molecule has 1 aliphatic rings. The van der Waals surface area contributed by atoms with Crippen molar-refractivity contribution in [3.05, 3.63) is 18.2 Å². The first-order valence-electron chi connectivity index (χ1n) is 6.61. The third-order valence-electron chi connectivity index (χ3n) is 4.12.